The second-order valence-corrected chi connectivity index (χ2v) is 1.94. The van der Waals surface area contributed by atoms with Crippen LogP contribution in [0, 0.1) is 0 Å². The van der Waals surface area contributed by atoms with E-state index in [1.54, 1.807) is 0 Å². The third-order valence-electron chi connectivity index (χ3n) is 1.26. The Labute approximate surface area is 52.9 Å². The minimum Gasteiger partial charge on any atom is -0.193 e. The van der Waals surface area contributed by atoms with E-state index in [2.05, 4.69) is 9.78 Å². The second-order valence-electron chi connectivity index (χ2n) is 1.94. The molecule has 0 atom stereocenters. The van der Waals surface area contributed by atoms with Crippen molar-refractivity contribution in [3.8, 4) is 0 Å². The average molecular weight is 122 g/mol. The van der Waals surface area contributed by atoms with Crippen molar-refractivity contribution >= 4 is 0 Å². The van der Waals surface area contributed by atoms with Gasteiger partial charge in [-0.2, -0.15) is 9.78 Å². The van der Waals surface area contributed by atoms with Crippen LogP contribution in [0.15, 0.2) is 30.3 Å². The number of benzene rings is 1. The van der Waals surface area contributed by atoms with E-state index in [4.69, 9.17) is 0 Å². The highest BCUT2D eigenvalue weighted by molar-refractivity contribution is 5.16. The zero-order valence-corrected chi connectivity index (χ0v) is 4.78. The standard InChI is InChI=1S/C7H6O2/c1-2-4-6(5-3-1)7-8-9-7/h1-5,7H. The largest absolute Gasteiger partial charge is 0.249 e. The maximum Gasteiger partial charge on any atom is 0.249 e. The van der Waals surface area contributed by atoms with E-state index in [-0.39, 0.29) is 6.29 Å². The van der Waals surface area contributed by atoms with E-state index in [9.17, 15) is 0 Å². The van der Waals surface area contributed by atoms with Crippen molar-refractivity contribution in [2.75, 3.05) is 0 Å². The summed E-state index contributed by atoms with van der Waals surface area (Å²) in [4.78, 5) is 9.19. The van der Waals surface area contributed by atoms with Gasteiger partial charge in [-0.25, -0.2) is 0 Å². The molecule has 9 heavy (non-hydrogen) atoms. The molecule has 2 nitrogen and oxygen atoms in total. The Hall–Kier alpha value is -0.860. The molecule has 0 bridgehead atoms. The Kier molecular flexibility index (Phi) is 1.01. The van der Waals surface area contributed by atoms with Crippen LogP contribution in [-0.4, -0.2) is 0 Å². The predicted molar refractivity (Wildman–Crippen MR) is 31.4 cm³/mol. The van der Waals surface area contributed by atoms with E-state index < -0.39 is 0 Å². The maximum absolute atomic E-state index is 4.59. The number of hydrogen-bond acceptors (Lipinski definition) is 2. The number of rotatable bonds is 1. The van der Waals surface area contributed by atoms with Gasteiger partial charge < -0.3 is 0 Å². The van der Waals surface area contributed by atoms with Gasteiger partial charge in [-0.15, -0.1) is 0 Å². The quantitative estimate of drug-likeness (QED) is 0.418. The molecule has 1 fully saturated rings. The molecule has 0 spiro atoms. The van der Waals surface area contributed by atoms with Gasteiger partial charge in [0.15, 0.2) is 0 Å². The van der Waals surface area contributed by atoms with Gasteiger partial charge >= 0.3 is 0 Å². The summed E-state index contributed by atoms with van der Waals surface area (Å²) in [6, 6.07) is 9.82. The molecule has 2 rings (SSSR count). The summed E-state index contributed by atoms with van der Waals surface area (Å²) >= 11 is 0. The minimum atomic E-state index is -0.0915. The van der Waals surface area contributed by atoms with Gasteiger partial charge in [0, 0.05) is 5.56 Å². The van der Waals surface area contributed by atoms with Crippen molar-refractivity contribution in [3.05, 3.63) is 35.9 Å². The molecule has 0 N–H and O–H groups in total. The van der Waals surface area contributed by atoms with E-state index in [0.29, 0.717) is 0 Å². The average Bonchev–Trinajstić information content (AvgIpc) is 2.71. The third kappa shape index (κ3) is 0.943. The van der Waals surface area contributed by atoms with E-state index in [0.717, 1.165) is 5.56 Å². The van der Waals surface area contributed by atoms with Crippen LogP contribution in [-0.2, 0) is 9.78 Å². The molecular formula is C7H6O2. The summed E-state index contributed by atoms with van der Waals surface area (Å²) in [7, 11) is 0. The first-order valence-electron chi connectivity index (χ1n) is 2.84. The highest BCUT2D eigenvalue weighted by Gasteiger charge is 2.27. The summed E-state index contributed by atoms with van der Waals surface area (Å²) in [6.45, 7) is 0. The summed E-state index contributed by atoms with van der Waals surface area (Å²) < 4.78 is 0. The first-order chi connectivity index (χ1) is 4.47. The summed E-state index contributed by atoms with van der Waals surface area (Å²) in [5.41, 5.74) is 1.08. The summed E-state index contributed by atoms with van der Waals surface area (Å²) in [5.74, 6) is 0. The highest BCUT2D eigenvalue weighted by Crippen LogP contribution is 2.30. The van der Waals surface area contributed by atoms with Crippen molar-refractivity contribution < 1.29 is 9.78 Å². The Balaban J connectivity index is 2.29. The van der Waals surface area contributed by atoms with Crippen LogP contribution in [0.1, 0.15) is 11.9 Å². The normalized spacial score (nSPS) is 17.8. The fourth-order valence-corrected chi connectivity index (χ4v) is 0.749. The molecule has 1 aromatic rings. The van der Waals surface area contributed by atoms with Gasteiger partial charge in [-0.05, 0) is 0 Å². The van der Waals surface area contributed by atoms with E-state index in [1.807, 2.05) is 30.3 Å². The lowest BCUT2D eigenvalue weighted by atomic mass is 10.2. The van der Waals surface area contributed by atoms with Crippen LogP contribution in [0.2, 0.25) is 0 Å². The van der Waals surface area contributed by atoms with Crippen molar-refractivity contribution in [1.29, 1.82) is 0 Å². The molecular weight excluding hydrogens is 116 g/mol. The Morgan fingerprint density at radius 3 is 2.22 bits per heavy atom. The first kappa shape index (κ1) is 4.97. The van der Waals surface area contributed by atoms with Crippen LogP contribution in [0.25, 0.3) is 0 Å². The van der Waals surface area contributed by atoms with Crippen molar-refractivity contribution in [2.24, 2.45) is 0 Å². The lowest BCUT2D eigenvalue weighted by Crippen LogP contribution is -1.74. The van der Waals surface area contributed by atoms with Crippen LogP contribution >= 0.6 is 0 Å². The molecule has 1 aliphatic rings. The predicted octanol–water partition coefficient (Wildman–Crippen LogP) is 1.65. The van der Waals surface area contributed by atoms with Crippen LogP contribution in [0.3, 0.4) is 0 Å². The molecule has 0 saturated carbocycles. The third-order valence-corrected chi connectivity index (χ3v) is 1.26. The summed E-state index contributed by atoms with van der Waals surface area (Å²) in [5, 5.41) is 0. The Morgan fingerprint density at radius 2 is 1.67 bits per heavy atom. The Morgan fingerprint density at radius 1 is 1.00 bits per heavy atom. The monoisotopic (exact) mass is 122 g/mol. The Bertz CT molecular complexity index is 191. The molecule has 0 amide bonds. The van der Waals surface area contributed by atoms with Gasteiger partial charge in [0.2, 0.25) is 6.29 Å². The van der Waals surface area contributed by atoms with E-state index >= 15 is 0 Å². The highest BCUT2D eigenvalue weighted by atomic mass is 17.4. The van der Waals surface area contributed by atoms with Gasteiger partial charge in [-0.1, -0.05) is 30.3 Å². The smallest absolute Gasteiger partial charge is 0.193 e. The molecule has 2 heteroatoms. The van der Waals surface area contributed by atoms with E-state index in [1.165, 1.54) is 0 Å². The molecule has 0 radical (unpaired) electrons. The van der Waals surface area contributed by atoms with Crippen LogP contribution < -0.4 is 0 Å². The maximum atomic E-state index is 4.59. The number of hydrogen-bond donors (Lipinski definition) is 0. The molecule has 1 saturated heterocycles. The van der Waals surface area contributed by atoms with Gasteiger partial charge in [0.05, 0.1) is 0 Å². The zero-order chi connectivity index (χ0) is 6.10. The van der Waals surface area contributed by atoms with Crippen molar-refractivity contribution in [1.82, 2.24) is 0 Å². The van der Waals surface area contributed by atoms with Crippen molar-refractivity contribution in [3.63, 3.8) is 0 Å². The zero-order valence-electron chi connectivity index (χ0n) is 4.78. The molecule has 0 unspecified atom stereocenters. The molecule has 0 aromatic heterocycles. The lowest BCUT2D eigenvalue weighted by Gasteiger charge is -1.86. The molecule has 1 aromatic carbocycles. The van der Waals surface area contributed by atoms with Crippen molar-refractivity contribution in [2.45, 2.75) is 6.29 Å². The summed E-state index contributed by atoms with van der Waals surface area (Å²) in [6.07, 6.45) is -0.0915. The van der Waals surface area contributed by atoms with Gasteiger partial charge in [0.1, 0.15) is 0 Å². The molecule has 1 aliphatic heterocycles. The fourth-order valence-electron chi connectivity index (χ4n) is 0.749. The second kappa shape index (κ2) is 1.83. The van der Waals surface area contributed by atoms with Gasteiger partial charge in [0.25, 0.3) is 0 Å². The van der Waals surface area contributed by atoms with Gasteiger partial charge in [-0.3, -0.25) is 0 Å². The minimum absolute atomic E-state index is 0.0915. The first-order valence-corrected chi connectivity index (χ1v) is 2.84. The molecule has 0 aliphatic carbocycles. The molecule has 46 valence electrons. The SMILES string of the molecule is c1ccc(C2OO2)cc1. The lowest BCUT2D eigenvalue weighted by molar-refractivity contribution is 0.0850. The topological polar surface area (TPSA) is 25.1 Å². The fraction of sp³-hybridized carbons (Fsp3) is 0.143. The van der Waals surface area contributed by atoms with Crippen LogP contribution in [0.4, 0.5) is 0 Å². The molecule has 1 heterocycles. The van der Waals surface area contributed by atoms with Crippen LogP contribution in [0.5, 0.6) is 0 Å².